The Morgan fingerprint density at radius 3 is 2.44 bits per heavy atom. The summed E-state index contributed by atoms with van der Waals surface area (Å²) in [4.78, 5) is 12.6. The van der Waals surface area contributed by atoms with Gasteiger partial charge in [0.15, 0.2) is 0 Å². The van der Waals surface area contributed by atoms with Crippen molar-refractivity contribution in [1.29, 1.82) is 0 Å². The largest absolute Gasteiger partial charge is 0.389 e. The molecule has 98 valence electrons. The fourth-order valence-corrected chi connectivity index (χ4v) is 2.38. The normalized spacial score (nSPS) is 11.1. The first-order valence-electron chi connectivity index (χ1n) is 5.34. The van der Waals surface area contributed by atoms with Crippen molar-refractivity contribution in [2.75, 3.05) is 11.6 Å². The third-order valence-corrected chi connectivity index (χ3v) is 3.54. The number of nitrogens with one attached hydrogen (secondary N) is 1. The number of carbonyl (C=O) groups excluding carboxylic acids is 1. The monoisotopic (exact) mass is 283 g/mol. The van der Waals surface area contributed by atoms with Gasteiger partial charge in [0.2, 0.25) is 5.91 Å². The summed E-state index contributed by atoms with van der Waals surface area (Å²) in [6.45, 7) is 3.43. The second-order valence-corrected chi connectivity index (χ2v) is 5.65. The number of anilines is 1. The van der Waals surface area contributed by atoms with E-state index in [2.05, 4.69) is 5.32 Å². The average Bonchev–Trinajstić information content (AvgIpc) is 2.27. The number of hydrogen-bond acceptors (Lipinski definition) is 4. The van der Waals surface area contributed by atoms with Crippen LogP contribution < -0.4 is 16.8 Å². The molecule has 4 nitrogen and oxygen atoms in total. The zero-order valence-corrected chi connectivity index (χ0v) is 12.2. The summed E-state index contributed by atoms with van der Waals surface area (Å²) < 4.78 is 0. The molecule has 1 amide bonds. The molecule has 0 heterocycles. The fourth-order valence-electron chi connectivity index (χ4n) is 1.46. The van der Waals surface area contributed by atoms with E-state index in [0.717, 1.165) is 16.1 Å². The molecule has 0 bridgehead atoms. The van der Waals surface area contributed by atoms with Crippen LogP contribution in [-0.2, 0) is 4.79 Å². The van der Waals surface area contributed by atoms with E-state index < -0.39 is 11.4 Å². The predicted octanol–water partition coefficient (Wildman–Crippen LogP) is 1.72. The standard InChI is InChI=1S/C12H17N3OS2/c1-12(2,11(14)16)15-7-5-4-6-8(18-3)9(7)10(13)17/h4-6,15H,1-3H3,(H2,13,17)(H2,14,16). The molecule has 0 unspecified atom stereocenters. The molecule has 0 radical (unpaired) electrons. The van der Waals surface area contributed by atoms with Crippen molar-refractivity contribution in [1.82, 2.24) is 0 Å². The van der Waals surface area contributed by atoms with E-state index in [-0.39, 0.29) is 0 Å². The van der Waals surface area contributed by atoms with Crippen LogP contribution in [0, 0.1) is 0 Å². The molecule has 0 saturated heterocycles. The first-order valence-corrected chi connectivity index (χ1v) is 6.97. The number of thiocarbonyl (C=S) groups is 1. The molecule has 0 aromatic heterocycles. The number of carbonyl (C=O) groups is 1. The van der Waals surface area contributed by atoms with Crippen molar-refractivity contribution >= 4 is 40.6 Å². The lowest BCUT2D eigenvalue weighted by Crippen LogP contribution is -2.45. The number of benzene rings is 1. The topological polar surface area (TPSA) is 81.1 Å². The minimum absolute atomic E-state index is 0.294. The van der Waals surface area contributed by atoms with Crippen molar-refractivity contribution in [3.05, 3.63) is 23.8 Å². The quantitative estimate of drug-likeness (QED) is 0.566. The molecule has 6 heteroatoms. The lowest BCUT2D eigenvalue weighted by atomic mass is 10.0. The second kappa shape index (κ2) is 5.58. The molecule has 1 rings (SSSR count). The molecule has 5 N–H and O–H groups in total. The van der Waals surface area contributed by atoms with Crippen LogP contribution in [0.4, 0.5) is 5.69 Å². The van der Waals surface area contributed by atoms with E-state index in [9.17, 15) is 4.79 Å². The van der Waals surface area contributed by atoms with Gasteiger partial charge < -0.3 is 16.8 Å². The van der Waals surface area contributed by atoms with Gasteiger partial charge in [0.25, 0.3) is 0 Å². The zero-order valence-electron chi connectivity index (χ0n) is 10.6. The summed E-state index contributed by atoms with van der Waals surface area (Å²) >= 11 is 6.62. The summed E-state index contributed by atoms with van der Waals surface area (Å²) in [6.07, 6.45) is 1.94. The number of hydrogen-bond donors (Lipinski definition) is 3. The summed E-state index contributed by atoms with van der Waals surface area (Å²) in [5.41, 5.74) is 11.7. The Morgan fingerprint density at radius 1 is 1.39 bits per heavy atom. The second-order valence-electron chi connectivity index (χ2n) is 4.36. The molecule has 18 heavy (non-hydrogen) atoms. The van der Waals surface area contributed by atoms with Crippen LogP contribution in [0.3, 0.4) is 0 Å². The minimum atomic E-state index is -0.865. The van der Waals surface area contributed by atoms with Crippen LogP contribution in [-0.4, -0.2) is 22.7 Å². The van der Waals surface area contributed by atoms with Crippen LogP contribution in [0.1, 0.15) is 19.4 Å². The van der Waals surface area contributed by atoms with Crippen LogP contribution >= 0.6 is 24.0 Å². The van der Waals surface area contributed by atoms with Crippen LogP contribution in [0.15, 0.2) is 23.1 Å². The Morgan fingerprint density at radius 2 is 2.00 bits per heavy atom. The molecular weight excluding hydrogens is 266 g/mol. The summed E-state index contributed by atoms with van der Waals surface area (Å²) in [7, 11) is 0. The smallest absolute Gasteiger partial charge is 0.242 e. The van der Waals surface area contributed by atoms with Crippen LogP contribution in [0.5, 0.6) is 0 Å². The Hall–Kier alpha value is -1.27. The summed E-state index contributed by atoms with van der Waals surface area (Å²) in [6, 6.07) is 5.65. The molecular formula is C12H17N3OS2. The Kier molecular flexibility index (Phi) is 4.59. The maximum Gasteiger partial charge on any atom is 0.242 e. The van der Waals surface area contributed by atoms with E-state index >= 15 is 0 Å². The highest BCUT2D eigenvalue weighted by Crippen LogP contribution is 2.28. The highest BCUT2D eigenvalue weighted by molar-refractivity contribution is 7.98. The number of rotatable bonds is 5. The number of thioether (sulfide) groups is 1. The van der Waals surface area contributed by atoms with Gasteiger partial charge in [0, 0.05) is 16.1 Å². The predicted molar refractivity (Wildman–Crippen MR) is 81.0 cm³/mol. The average molecular weight is 283 g/mol. The summed E-state index contributed by atoms with van der Waals surface area (Å²) in [5.74, 6) is -0.439. The third kappa shape index (κ3) is 3.14. The Balaban J connectivity index is 3.25. The highest BCUT2D eigenvalue weighted by Gasteiger charge is 2.26. The lowest BCUT2D eigenvalue weighted by molar-refractivity contribution is -0.121. The van der Waals surface area contributed by atoms with E-state index in [1.54, 1.807) is 25.6 Å². The number of amides is 1. The van der Waals surface area contributed by atoms with E-state index in [1.165, 1.54) is 0 Å². The number of primary amides is 1. The molecule has 0 aliphatic rings. The van der Waals surface area contributed by atoms with Gasteiger partial charge in [-0.15, -0.1) is 11.8 Å². The molecule has 1 aromatic rings. The van der Waals surface area contributed by atoms with E-state index in [4.69, 9.17) is 23.7 Å². The van der Waals surface area contributed by atoms with Crippen molar-refractivity contribution in [2.45, 2.75) is 24.3 Å². The van der Waals surface area contributed by atoms with Gasteiger partial charge in [0.1, 0.15) is 10.5 Å². The van der Waals surface area contributed by atoms with E-state index in [0.29, 0.717) is 4.99 Å². The lowest BCUT2D eigenvalue weighted by Gasteiger charge is -2.25. The maximum atomic E-state index is 11.4. The molecule has 1 aromatic carbocycles. The van der Waals surface area contributed by atoms with Gasteiger partial charge in [-0.05, 0) is 32.2 Å². The molecule has 0 fully saturated rings. The van der Waals surface area contributed by atoms with Gasteiger partial charge in [0.05, 0.1) is 0 Å². The molecule has 0 aliphatic heterocycles. The van der Waals surface area contributed by atoms with E-state index in [1.807, 2.05) is 24.5 Å². The van der Waals surface area contributed by atoms with Crippen molar-refractivity contribution in [2.24, 2.45) is 11.5 Å². The van der Waals surface area contributed by atoms with Crippen molar-refractivity contribution in [3.63, 3.8) is 0 Å². The molecule has 0 aliphatic carbocycles. The Labute approximate surface area is 116 Å². The fraction of sp³-hybridized carbons (Fsp3) is 0.333. The minimum Gasteiger partial charge on any atom is -0.389 e. The van der Waals surface area contributed by atoms with Crippen LogP contribution in [0.25, 0.3) is 0 Å². The SMILES string of the molecule is CSc1cccc(NC(C)(C)C(N)=O)c1C(N)=S. The highest BCUT2D eigenvalue weighted by atomic mass is 32.2. The first-order chi connectivity index (χ1) is 8.29. The van der Waals surface area contributed by atoms with Gasteiger partial charge in [-0.25, -0.2) is 0 Å². The molecule has 0 atom stereocenters. The Bertz CT molecular complexity index is 486. The first kappa shape index (κ1) is 14.8. The number of nitrogens with two attached hydrogens (primary N) is 2. The van der Waals surface area contributed by atoms with Crippen molar-refractivity contribution in [3.8, 4) is 0 Å². The van der Waals surface area contributed by atoms with Gasteiger partial charge in [-0.3, -0.25) is 4.79 Å². The summed E-state index contributed by atoms with van der Waals surface area (Å²) in [5, 5.41) is 3.09. The van der Waals surface area contributed by atoms with Gasteiger partial charge in [-0.2, -0.15) is 0 Å². The zero-order chi connectivity index (χ0) is 13.9. The third-order valence-electron chi connectivity index (χ3n) is 2.56. The van der Waals surface area contributed by atoms with Crippen LogP contribution in [0.2, 0.25) is 0 Å². The van der Waals surface area contributed by atoms with Crippen molar-refractivity contribution < 1.29 is 4.79 Å². The van der Waals surface area contributed by atoms with Gasteiger partial charge >= 0.3 is 0 Å². The van der Waals surface area contributed by atoms with Gasteiger partial charge in [-0.1, -0.05) is 18.3 Å². The molecule has 0 spiro atoms. The maximum absolute atomic E-state index is 11.4. The molecule has 0 saturated carbocycles.